The molecule has 5 heteroatoms. The number of anilines is 2. The molecule has 2 rings (SSSR count). The molecule has 20 heavy (non-hydrogen) atoms. The third-order valence-electron chi connectivity index (χ3n) is 3.09. The molecule has 0 atom stereocenters. The molecule has 3 nitrogen and oxygen atoms in total. The molecule has 0 aromatic heterocycles. The van der Waals surface area contributed by atoms with E-state index in [2.05, 4.69) is 21.2 Å². The zero-order chi connectivity index (χ0) is 14.9. The normalized spacial score (nSPS) is 10.4. The Morgan fingerprint density at radius 3 is 2.50 bits per heavy atom. The number of carbonyl (C=O) groups excluding carboxylic acids is 1. The highest BCUT2D eigenvalue weighted by molar-refractivity contribution is 9.10. The van der Waals surface area contributed by atoms with E-state index in [4.69, 9.17) is 5.73 Å². The number of rotatable bonds is 2. The number of nitrogen functional groups attached to an aromatic ring is 1. The van der Waals surface area contributed by atoms with Crippen LogP contribution in [0.1, 0.15) is 21.5 Å². The van der Waals surface area contributed by atoms with Gasteiger partial charge in [0.25, 0.3) is 5.91 Å². The number of nitrogens with one attached hydrogen (secondary N) is 1. The van der Waals surface area contributed by atoms with Crippen molar-refractivity contribution in [3.63, 3.8) is 0 Å². The minimum atomic E-state index is -0.404. The molecule has 0 aliphatic carbocycles. The predicted molar refractivity (Wildman–Crippen MR) is 82.4 cm³/mol. The van der Waals surface area contributed by atoms with Gasteiger partial charge in [-0.25, -0.2) is 4.39 Å². The van der Waals surface area contributed by atoms with Gasteiger partial charge in [0.15, 0.2) is 0 Å². The van der Waals surface area contributed by atoms with Crippen LogP contribution in [0.25, 0.3) is 0 Å². The summed E-state index contributed by atoms with van der Waals surface area (Å²) in [6.45, 7) is 3.89. The molecule has 0 unspecified atom stereocenters. The van der Waals surface area contributed by atoms with Gasteiger partial charge in [0.1, 0.15) is 5.82 Å². The second kappa shape index (κ2) is 5.63. The Hall–Kier alpha value is -1.88. The fourth-order valence-electron chi connectivity index (χ4n) is 1.81. The van der Waals surface area contributed by atoms with Crippen molar-refractivity contribution in [2.75, 3.05) is 11.1 Å². The molecule has 0 saturated carbocycles. The van der Waals surface area contributed by atoms with Gasteiger partial charge in [-0.05, 0) is 71.2 Å². The molecule has 0 spiro atoms. The Labute approximate surface area is 125 Å². The smallest absolute Gasteiger partial charge is 0.256 e. The number of amides is 1. The number of halogens is 2. The van der Waals surface area contributed by atoms with Crippen LogP contribution >= 0.6 is 15.9 Å². The minimum Gasteiger partial charge on any atom is -0.397 e. The number of hydrogen-bond donors (Lipinski definition) is 2. The van der Waals surface area contributed by atoms with Crippen molar-refractivity contribution in [1.29, 1.82) is 0 Å². The number of carbonyl (C=O) groups is 1. The molecule has 104 valence electrons. The standard InChI is InChI=1S/C15H14BrFN2O/c1-8-5-13(18)14(6-9(8)2)19-15(20)11-4-3-10(17)7-12(11)16/h3-7H,18H2,1-2H3,(H,19,20). The Morgan fingerprint density at radius 1 is 1.20 bits per heavy atom. The maximum atomic E-state index is 13.0. The zero-order valence-electron chi connectivity index (χ0n) is 11.1. The van der Waals surface area contributed by atoms with E-state index in [1.165, 1.54) is 18.2 Å². The highest BCUT2D eigenvalue weighted by atomic mass is 79.9. The zero-order valence-corrected chi connectivity index (χ0v) is 12.7. The van der Waals surface area contributed by atoms with Crippen molar-refractivity contribution in [2.24, 2.45) is 0 Å². The van der Waals surface area contributed by atoms with Gasteiger partial charge in [-0.2, -0.15) is 0 Å². The van der Waals surface area contributed by atoms with Crippen molar-refractivity contribution in [1.82, 2.24) is 0 Å². The second-order valence-corrected chi connectivity index (χ2v) is 5.46. The molecule has 0 heterocycles. The lowest BCUT2D eigenvalue weighted by atomic mass is 10.1. The summed E-state index contributed by atoms with van der Waals surface area (Å²) in [4.78, 5) is 12.2. The molecule has 0 fully saturated rings. The van der Waals surface area contributed by atoms with E-state index in [9.17, 15) is 9.18 Å². The fraction of sp³-hybridized carbons (Fsp3) is 0.133. The lowest BCUT2D eigenvalue weighted by Gasteiger charge is -2.12. The van der Waals surface area contributed by atoms with Gasteiger partial charge in [0.2, 0.25) is 0 Å². The average molecular weight is 337 g/mol. The summed E-state index contributed by atoms with van der Waals surface area (Å²) in [5, 5.41) is 2.74. The fourth-order valence-corrected chi connectivity index (χ4v) is 2.34. The molecule has 0 radical (unpaired) electrons. The molecule has 0 saturated heterocycles. The molecule has 2 aromatic rings. The van der Waals surface area contributed by atoms with E-state index in [0.717, 1.165) is 11.1 Å². The monoisotopic (exact) mass is 336 g/mol. The van der Waals surface area contributed by atoms with Crippen molar-refractivity contribution >= 4 is 33.2 Å². The van der Waals surface area contributed by atoms with Crippen molar-refractivity contribution in [2.45, 2.75) is 13.8 Å². The molecular weight excluding hydrogens is 323 g/mol. The third-order valence-corrected chi connectivity index (χ3v) is 3.75. The number of benzene rings is 2. The molecular formula is C15H14BrFN2O. The summed E-state index contributed by atoms with van der Waals surface area (Å²) in [7, 11) is 0. The molecule has 0 aliphatic rings. The first-order valence-corrected chi connectivity index (χ1v) is 6.81. The van der Waals surface area contributed by atoms with Gasteiger partial charge in [-0.1, -0.05) is 0 Å². The lowest BCUT2D eigenvalue weighted by Crippen LogP contribution is -2.14. The van der Waals surface area contributed by atoms with Crippen LogP contribution in [-0.4, -0.2) is 5.91 Å². The first-order chi connectivity index (χ1) is 9.38. The van der Waals surface area contributed by atoms with Gasteiger partial charge in [0, 0.05) is 4.47 Å². The van der Waals surface area contributed by atoms with E-state index in [0.29, 0.717) is 21.4 Å². The molecule has 3 N–H and O–H groups in total. The first-order valence-electron chi connectivity index (χ1n) is 6.01. The summed E-state index contributed by atoms with van der Waals surface area (Å²) >= 11 is 3.17. The van der Waals surface area contributed by atoms with Crippen LogP contribution in [0.2, 0.25) is 0 Å². The SMILES string of the molecule is Cc1cc(N)c(NC(=O)c2ccc(F)cc2Br)cc1C. The lowest BCUT2D eigenvalue weighted by molar-refractivity contribution is 0.102. The summed E-state index contributed by atoms with van der Waals surface area (Å²) in [6.07, 6.45) is 0. The second-order valence-electron chi connectivity index (χ2n) is 4.60. The van der Waals surface area contributed by atoms with Crippen LogP contribution in [-0.2, 0) is 0 Å². The highest BCUT2D eigenvalue weighted by Gasteiger charge is 2.13. The van der Waals surface area contributed by atoms with Crippen molar-refractivity contribution < 1.29 is 9.18 Å². The largest absolute Gasteiger partial charge is 0.397 e. The predicted octanol–water partition coefficient (Wildman–Crippen LogP) is 4.04. The molecule has 1 amide bonds. The quantitative estimate of drug-likeness (QED) is 0.813. The first kappa shape index (κ1) is 14.5. The van der Waals surface area contributed by atoms with E-state index in [-0.39, 0.29) is 5.91 Å². The Bertz CT molecular complexity index is 686. The minimum absolute atomic E-state index is 0.341. The van der Waals surface area contributed by atoms with Crippen LogP contribution in [0.3, 0.4) is 0 Å². The number of aryl methyl sites for hydroxylation is 2. The Morgan fingerprint density at radius 2 is 1.85 bits per heavy atom. The summed E-state index contributed by atoms with van der Waals surface area (Å²) < 4.78 is 13.4. The van der Waals surface area contributed by atoms with Gasteiger partial charge in [-0.15, -0.1) is 0 Å². The van der Waals surface area contributed by atoms with Gasteiger partial charge < -0.3 is 11.1 Å². The molecule has 0 bridgehead atoms. The molecule has 0 aliphatic heterocycles. The number of hydrogen-bond acceptors (Lipinski definition) is 2. The highest BCUT2D eigenvalue weighted by Crippen LogP contribution is 2.25. The number of nitrogens with two attached hydrogens (primary N) is 1. The Balaban J connectivity index is 2.30. The Kier molecular flexibility index (Phi) is 4.09. The topological polar surface area (TPSA) is 55.1 Å². The van der Waals surface area contributed by atoms with Crippen LogP contribution in [0.5, 0.6) is 0 Å². The summed E-state index contributed by atoms with van der Waals surface area (Å²) in [5.74, 6) is -0.744. The maximum Gasteiger partial charge on any atom is 0.256 e. The van der Waals surface area contributed by atoms with Crippen LogP contribution in [0, 0.1) is 19.7 Å². The third kappa shape index (κ3) is 2.99. The van der Waals surface area contributed by atoms with Gasteiger partial charge in [-0.3, -0.25) is 4.79 Å². The summed E-state index contributed by atoms with van der Waals surface area (Å²) in [6, 6.07) is 7.54. The van der Waals surface area contributed by atoms with E-state index in [1.54, 1.807) is 0 Å². The van der Waals surface area contributed by atoms with Crippen molar-refractivity contribution in [3.05, 3.63) is 57.3 Å². The average Bonchev–Trinajstić information content (AvgIpc) is 2.35. The van der Waals surface area contributed by atoms with E-state index in [1.807, 2.05) is 26.0 Å². The summed E-state index contributed by atoms with van der Waals surface area (Å²) in [5.41, 5.74) is 9.39. The van der Waals surface area contributed by atoms with Crippen LogP contribution in [0.15, 0.2) is 34.8 Å². The van der Waals surface area contributed by atoms with Crippen LogP contribution < -0.4 is 11.1 Å². The van der Waals surface area contributed by atoms with E-state index >= 15 is 0 Å². The van der Waals surface area contributed by atoms with Crippen LogP contribution in [0.4, 0.5) is 15.8 Å². The van der Waals surface area contributed by atoms with E-state index < -0.39 is 5.82 Å². The molecule has 2 aromatic carbocycles. The van der Waals surface area contributed by atoms with Gasteiger partial charge in [0.05, 0.1) is 16.9 Å². The van der Waals surface area contributed by atoms with Gasteiger partial charge >= 0.3 is 0 Å². The van der Waals surface area contributed by atoms with Crippen molar-refractivity contribution in [3.8, 4) is 0 Å². The maximum absolute atomic E-state index is 13.0.